The molecule has 38 heavy (non-hydrogen) atoms. The van der Waals surface area contributed by atoms with E-state index in [2.05, 4.69) is 20.7 Å². The highest BCUT2D eigenvalue weighted by Crippen LogP contribution is 2.18. The minimum atomic E-state index is -0.466. The molecule has 0 bridgehead atoms. The summed E-state index contributed by atoms with van der Waals surface area (Å²) in [4.78, 5) is 27.7. The molecule has 208 valence electrons. The van der Waals surface area contributed by atoms with Gasteiger partial charge in [0.25, 0.3) is 5.91 Å². The number of hydrazine groups is 1. The number of nitrogens with one attached hydrogen (secondary N) is 2. The highest BCUT2D eigenvalue weighted by Gasteiger charge is 2.15. The van der Waals surface area contributed by atoms with Crippen LogP contribution in [0.1, 0.15) is 59.4 Å². The third kappa shape index (κ3) is 10.3. The number of aryl methyl sites for hydroxylation is 1. The second-order valence-electron chi connectivity index (χ2n) is 8.93. The first-order valence-electron chi connectivity index (χ1n) is 12.3. The Morgan fingerprint density at radius 2 is 1.89 bits per heavy atom. The number of nitrogens with two attached hydrogens (primary N) is 2. The number of amides is 2. The number of hydrogen-bond donors (Lipinski definition) is 4. The number of aromatic nitrogens is 1. The van der Waals surface area contributed by atoms with E-state index < -0.39 is 11.7 Å². The summed E-state index contributed by atoms with van der Waals surface area (Å²) in [5.41, 5.74) is 7.88. The molecule has 2 aromatic rings. The van der Waals surface area contributed by atoms with Crippen molar-refractivity contribution >= 4 is 17.6 Å². The summed E-state index contributed by atoms with van der Waals surface area (Å²) in [7, 11) is 4.45. The van der Waals surface area contributed by atoms with E-state index in [9.17, 15) is 14.0 Å². The van der Waals surface area contributed by atoms with E-state index >= 15 is 0 Å². The van der Waals surface area contributed by atoms with E-state index in [4.69, 9.17) is 21.1 Å². The van der Waals surface area contributed by atoms with Crippen molar-refractivity contribution in [3.63, 3.8) is 0 Å². The van der Waals surface area contributed by atoms with Crippen LogP contribution in [-0.2, 0) is 16.1 Å². The molecule has 0 radical (unpaired) electrons. The molecule has 1 heterocycles. The van der Waals surface area contributed by atoms with Crippen molar-refractivity contribution in [2.45, 2.75) is 51.6 Å². The molecule has 0 saturated heterocycles. The molecule has 0 spiro atoms. The minimum absolute atomic E-state index is 0.0180. The summed E-state index contributed by atoms with van der Waals surface area (Å²) in [6.07, 6.45) is 6.08. The maximum Gasteiger partial charge on any atom is 0.270 e. The van der Waals surface area contributed by atoms with Crippen LogP contribution in [0.2, 0.25) is 0 Å². The fourth-order valence-electron chi connectivity index (χ4n) is 3.89. The highest BCUT2D eigenvalue weighted by molar-refractivity contribution is 6.00. The number of rotatable bonds is 9. The molecule has 2 amide bonds. The van der Waals surface area contributed by atoms with Crippen molar-refractivity contribution in [2.24, 2.45) is 16.7 Å². The monoisotopic (exact) mass is 531 g/mol. The lowest BCUT2D eigenvalue weighted by Gasteiger charge is -2.22. The predicted molar refractivity (Wildman–Crippen MR) is 143 cm³/mol. The standard InChI is InChI=1S/C17H21FN6O2.C9H17NO2/c1-10-6-12(16(19)23-24(2)20)8-14(22-10)17(25)21-9-11-4-5-13(18)15(7-11)26-3;1-12-7-9(11)10-8-5-3-2-4-6-8/h4-8H,9,20H2,1-3H3,(H2,19,23)(H,21,25);8H,2-7H2,1H3,(H,10,11). The van der Waals surface area contributed by atoms with Crippen LogP contribution in [0, 0.1) is 12.7 Å². The second kappa shape index (κ2) is 15.5. The number of ether oxygens (including phenoxy) is 2. The molecular weight excluding hydrogens is 493 g/mol. The lowest BCUT2D eigenvalue weighted by atomic mass is 9.95. The van der Waals surface area contributed by atoms with Gasteiger partial charge in [0.15, 0.2) is 17.4 Å². The van der Waals surface area contributed by atoms with E-state index in [1.54, 1.807) is 26.2 Å². The Kier molecular flexibility index (Phi) is 12.4. The van der Waals surface area contributed by atoms with Crippen molar-refractivity contribution in [2.75, 3.05) is 27.9 Å². The van der Waals surface area contributed by atoms with E-state index in [-0.39, 0.29) is 36.3 Å². The van der Waals surface area contributed by atoms with E-state index in [0.717, 1.165) is 18.0 Å². The van der Waals surface area contributed by atoms with E-state index in [0.29, 0.717) is 22.9 Å². The molecule has 3 rings (SSSR count). The average Bonchev–Trinajstić information content (AvgIpc) is 2.88. The van der Waals surface area contributed by atoms with Crippen LogP contribution < -0.4 is 26.9 Å². The Bertz CT molecular complexity index is 1100. The molecule has 0 aliphatic heterocycles. The fraction of sp³-hybridized carbons (Fsp3) is 0.462. The van der Waals surface area contributed by atoms with Crippen LogP contribution in [0.15, 0.2) is 35.4 Å². The summed E-state index contributed by atoms with van der Waals surface area (Å²) in [6, 6.07) is 7.99. The number of hydrazone groups is 1. The van der Waals surface area contributed by atoms with E-state index in [1.165, 1.54) is 51.6 Å². The molecular formula is C26H38FN7O4. The summed E-state index contributed by atoms with van der Waals surface area (Å²) in [6.45, 7) is 2.12. The Hall–Kier alpha value is -3.77. The smallest absolute Gasteiger partial charge is 0.270 e. The number of halogens is 1. The number of pyridine rings is 1. The van der Waals surface area contributed by atoms with Crippen molar-refractivity contribution in [3.05, 3.63) is 58.7 Å². The molecule has 1 aliphatic carbocycles. The highest BCUT2D eigenvalue weighted by atomic mass is 19.1. The first-order chi connectivity index (χ1) is 18.1. The number of nitrogens with zero attached hydrogens (tertiary/aromatic N) is 3. The number of carbonyl (C=O) groups excluding carboxylic acids is 2. The van der Waals surface area contributed by atoms with Crippen LogP contribution in [0.3, 0.4) is 0 Å². The molecule has 1 fully saturated rings. The lowest BCUT2D eigenvalue weighted by Crippen LogP contribution is -2.38. The maximum atomic E-state index is 13.4. The molecule has 1 saturated carbocycles. The van der Waals surface area contributed by atoms with Gasteiger partial charge in [-0.2, -0.15) is 0 Å². The summed E-state index contributed by atoms with van der Waals surface area (Å²) in [5, 5.41) is 10.7. The summed E-state index contributed by atoms with van der Waals surface area (Å²) in [5.74, 6) is 4.88. The Balaban J connectivity index is 0.000000352. The first kappa shape index (κ1) is 30.5. The molecule has 1 aromatic heterocycles. The first-order valence-corrected chi connectivity index (χ1v) is 12.3. The third-order valence-corrected chi connectivity index (χ3v) is 5.66. The van der Waals surface area contributed by atoms with Gasteiger partial charge in [-0.15, -0.1) is 5.10 Å². The van der Waals surface area contributed by atoms with Crippen LogP contribution >= 0.6 is 0 Å². The normalized spacial score (nSPS) is 13.7. The van der Waals surface area contributed by atoms with Crippen LogP contribution in [0.4, 0.5) is 4.39 Å². The number of benzene rings is 1. The van der Waals surface area contributed by atoms with Crippen LogP contribution in [-0.4, -0.2) is 61.7 Å². The number of amidine groups is 1. The lowest BCUT2D eigenvalue weighted by molar-refractivity contribution is -0.125. The zero-order valence-corrected chi connectivity index (χ0v) is 22.4. The van der Waals surface area contributed by atoms with Gasteiger partial charge < -0.3 is 25.8 Å². The largest absolute Gasteiger partial charge is 0.494 e. The van der Waals surface area contributed by atoms with Crippen LogP contribution in [0.5, 0.6) is 5.75 Å². The van der Waals surface area contributed by atoms with Crippen molar-refractivity contribution < 1.29 is 23.5 Å². The van der Waals surface area contributed by atoms with Gasteiger partial charge in [-0.3, -0.25) is 9.59 Å². The summed E-state index contributed by atoms with van der Waals surface area (Å²) < 4.78 is 23.1. The van der Waals surface area contributed by atoms with Gasteiger partial charge in [-0.1, -0.05) is 25.3 Å². The average molecular weight is 532 g/mol. The quantitative estimate of drug-likeness (QED) is 0.166. The molecule has 11 nitrogen and oxygen atoms in total. The van der Waals surface area contributed by atoms with Gasteiger partial charge in [0.05, 0.1) is 7.11 Å². The van der Waals surface area contributed by atoms with Gasteiger partial charge in [0, 0.05) is 38.0 Å². The summed E-state index contributed by atoms with van der Waals surface area (Å²) >= 11 is 0. The van der Waals surface area contributed by atoms with Gasteiger partial charge in [-0.25, -0.2) is 20.3 Å². The molecule has 0 unspecified atom stereocenters. The Morgan fingerprint density at radius 1 is 1.18 bits per heavy atom. The maximum absolute atomic E-state index is 13.4. The molecule has 0 atom stereocenters. The van der Waals surface area contributed by atoms with Gasteiger partial charge in [0.2, 0.25) is 5.91 Å². The number of carbonyl (C=O) groups is 2. The molecule has 12 heteroatoms. The Morgan fingerprint density at radius 3 is 2.53 bits per heavy atom. The van der Waals surface area contributed by atoms with Gasteiger partial charge in [0.1, 0.15) is 12.3 Å². The van der Waals surface area contributed by atoms with Gasteiger partial charge in [-0.05, 0) is 49.6 Å². The predicted octanol–water partition coefficient (Wildman–Crippen LogP) is 1.98. The van der Waals surface area contributed by atoms with Crippen LogP contribution in [0.25, 0.3) is 0 Å². The molecule has 6 N–H and O–H groups in total. The van der Waals surface area contributed by atoms with Gasteiger partial charge >= 0.3 is 0 Å². The molecule has 1 aliphatic rings. The zero-order chi connectivity index (χ0) is 28.1. The Labute approximate surface area is 222 Å². The van der Waals surface area contributed by atoms with Crippen molar-refractivity contribution in [1.82, 2.24) is 20.7 Å². The van der Waals surface area contributed by atoms with Crippen molar-refractivity contribution in [3.8, 4) is 5.75 Å². The minimum Gasteiger partial charge on any atom is -0.494 e. The topological polar surface area (TPSA) is 157 Å². The van der Waals surface area contributed by atoms with E-state index in [1.807, 2.05) is 0 Å². The number of hydrogen-bond acceptors (Lipinski definition) is 8. The SMILES string of the molecule is COCC(=O)NC1CCCCC1.COc1cc(CNC(=O)c2cc(/C(N)=N/N(C)N)cc(C)n2)ccc1F. The third-order valence-electron chi connectivity index (χ3n) is 5.66. The number of methoxy groups -OCH3 is 2. The molecule has 1 aromatic carbocycles. The fourth-order valence-corrected chi connectivity index (χ4v) is 3.89. The second-order valence-corrected chi connectivity index (χ2v) is 8.93. The van der Waals surface area contributed by atoms with Crippen molar-refractivity contribution in [1.29, 1.82) is 0 Å². The zero-order valence-electron chi connectivity index (χ0n) is 22.4.